The zero-order valence-electron chi connectivity index (χ0n) is 15.0. The Hall–Kier alpha value is -2.95. The van der Waals surface area contributed by atoms with Gasteiger partial charge in [0.1, 0.15) is 17.2 Å². The second kappa shape index (κ2) is 7.97. The topological polar surface area (TPSA) is 90.9 Å². The van der Waals surface area contributed by atoms with Gasteiger partial charge in [-0.15, -0.1) is 0 Å². The molecule has 7 nitrogen and oxygen atoms in total. The number of halogens is 3. The lowest BCUT2D eigenvalue weighted by Crippen LogP contribution is -2.23. The number of methoxy groups -OCH3 is 3. The SMILES string of the molecule is COc1ccc(OC)c(C(=O)Nc2cc(S(=O)(=O)C(F)(F)F)ccc2OC)c1. The lowest BCUT2D eigenvalue weighted by atomic mass is 10.1. The van der Waals surface area contributed by atoms with E-state index in [2.05, 4.69) is 5.32 Å². The van der Waals surface area contributed by atoms with Crippen LogP contribution in [-0.4, -0.2) is 41.2 Å². The number of anilines is 1. The van der Waals surface area contributed by atoms with Gasteiger partial charge in [-0.2, -0.15) is 13.2 Å². The first-order valence-corrected chi connectivity index (χ1v) is 9.06. The molecule has 0 saturated carbocycles. The van der Waals surface area contributed by atoms with Crippen molar-refractivity contribution in [2.75, 3.05) is 26.6 Å². The maximum atomic E-state index is 12.8. The second-order valence-electron chi connectivity index (χ2n) is 5.33. The van der Waals surface area contributed by atoms with Crippen LogP contribution in [0.1, 0.15) is 10.4 Å². The average molecular weight is 419 g/mol. The van der Waals surface area contributed by atoms with E-state index in [1.54, 1.807) is 6.07 Å². The van der Waals surface area contributed by atoms with E-state index in [0.717, 1.165) is 12.1 Å². The molecule has 0 heterocycles. The highest BCUT2D eigenvalue weighted by atomic mass is 32.2. The lowest BCUT2D eigenvalue weighted by Gasteiger charge is -2.15. The Bertz CT molecular complexity index is 989. The van der Waals surface area contributed by atoms with Gasteiger partial charge in [-0.1, -0.05) is 0 Å². The summed E-state index contributed by atoms with van der Waals surface area (Å²) in [6.07, 6.45) is 0. The molecule has 152 valence electrons. The highest BCUT2D eigenvalue weighted by Gasteiger charge is 2.47. The Morgan fingerprint density at radius 3 is 2.07 bits per heavy atom. The van der Waals surface area contributed by atoms with E-state index in [4.69, 9.17) is 14.2 Å². The van der Waals surface area contributed by atoms with Crippen molar-refractivity contribution in [1.82, 2.24) is 0 Å². The average Bonchev–Trinajstić information content (AvgIpc) is 2.66. The van der Waals surface area contributed by atoms with Crippen molar-refractivity contribution in [2.24, 2.45) is 0 Å². The molecule has 0 fully saturated rings. The number of rotatable bonds is 6. The van der Waals surface area contributed by atoms with Crippen LogP contribution >= 0.6 is 0 Å². The Labute approximate surface area is 158 Å². The van der Waals surface area contributed by atoms with E-state index in [0.29, 0.717) is 11.8 Å². The Morgan fingerprint density at radius 2 is 1.54 bits per heavy atom. The summed E-state index contributed by atoms with van der Waals surface area (Å²) in [5, 5.41) is 2.34. The van der Waals surface area contributed by atoms with Crippen molar-refractivity contribution in [3.05, 3.63) is 42.0 Å². The van der Waals surface area contributed by atoms with Crippen LogP contribution in [-0.2, 0) is 9.84 Å². The first-order chi connectivity index (χ1) is 13.0. The Kier molecular flexibility index (Phi) is 6.07. The van der Waals surface area contributed by atoms with E-state index >= 15 is 0 Å². The van der Waals surface area contributed by atoms with E-state index in [-0.39, 0.29) is 22.7 Å². The molecule has 0 saturated heterocycles. The molecule has 1 amide bonds. The first-order valence-electron chi connectivity index (χ1n) is 7.58. The number of alkyl halides is 3. The number of hydrogen-bond acceptors (Lipinski definition) is 6. The van der Waals surface area contributed by atoms with Gasteiger partial charge in [0.25, 0.3) is 15.7 Å². The summed E-state index contributed by atoms with van der Waals surface area (Å²) in [4.78, 5) is 11.6. The zero-order valence-corrected chi connectivity index (χ0v) is 15.8. The molecule has 1 N–H and O–H groups in total. The van der Waals surface area contributed by atoms with Crippen molar-refractivity contribution < 1.29 is 40.6 Å². The van der Waals surface area contributed by atoms with E-state index in [1.807, 2.05) is 0 Å². The summed E-state index contributed by atoms with van der Waals surface area (Å²) in [7, 11) is -1.67. The largest absolute Gasteiger partial charge is 0.501 e. The van der Waals surface area contributed by atoms with E-state index in [9.17, 15) is 26.4 Å². The minimum Gasteiger partial charge on any atom is -0.497 e. The molecule has 28 heavy (non-hydrogen) atoms. The first kappa shape index (κ1) is 21.4. The summed E-state index contributed by atoms with van der Waals surface area (Å²) < 4.78 is 76.8. The Morgan fingerprint density at radius 1 is 0.929 bits per heavy atom. The third-order valence-corrected chi connectivity index (χ3v) is 5.17. The molecule has 2 rings (SSSR count). The maximum Gasteiger partial charge on any atom is 0.501 e. The monoisotopic (exact) mass is 419 g/mol. The fraction of sp³-hybridized carbons (Fsp3) is 0.235. The number of sulfone groups is 1. The third-order valence-electron chi connectivity index (χ3n) is 3.69. The third kappa shape index (κ3) is 4.14. The molecule has 0 aliphatic heterocycles. The molecule has 0 radical (unpaired) electrons. The van der Waals surface area contributed by atoms with Crippen LogP contribution in [0.5, 0.6) is 17.2 Å². The minimum absolute atomic E-state index is 0.0213. The molecule has 0 atom stereocenters. The van der Waals surface area contributed by atoms with Gasteiger partial charge in [0.05, 0.1) is 37.5 Å². The maximum absolute atomic E-state index is 12.8. The zero-order chi connectivity index (χ0) is 21.1. The molecule has 0 aliphatic rings. The normalized spacial score (nSPS) is 11.6. The van der Waals surface area contributed by atoms with Crippen LogP contribution in [0, 0.1) is 0 Å². The van der Waals surface area contributed by atoms with E-state index < -0.39 is 26.1 Å². The predicted octanol–water partition coefficient (Wildman–Crippen LogP) is 3.26. The molecule has 0 aromatic heterocycles. The molecule has 0 unspecified atom stereocenters. The molecule has 0 aliphatic carbocycles. The van der Waals surface area contributed by atoms with Gasteiger partial charge in [-0.25, -0.2) is 8.42 Å². The van der Waals surface area contributed by atoms with Crippen LogP contribution in [0.3, 0.4) is 0 Å². The van der Waals surface area contributed by atoms with E-state index in [1.165, 1.54) is 33.5 Å². The van der Waals surface area contributed by atoms with Crippen molar-refractivity contribution >= 4 is 21.4 Å². The van der Waals surface area contributed by atoms with Crippen LogP contribution in [0.15, 0.2) is 41.3 Å². The smallest absolute Gasteiger partial charge is 0.497 e. The lowest BCUT2D eigenvalue weighted by molar-refractivity contribution is -0.0436. The fourth-order valence-electron chi connectivity index (χ4n) is 2.27. The van der Waals surface area contributed by atoms with Gasteiger partial charge in [0.15, 0.2) is 0 Å². The number of nitrogens with one attached hydrogen (secondary N) is 1. The van der Waals surface area contributed by atoms with Gasteiger partial charge >= 0.3 is 5.51 Å². The molecular weight excluding hydrogens is 403 g/mol. The van der Waals surface area contributed by atoms with Crippen LogP contribution in [0.4, 0.5) is 18.9 Å². The van der Waals surface area contributed by atoms with Crippen LogP contribution < -0.4 is 19.5 Å². The number of amides is 1. The molecular formula is C17H16F3NO6S. The molecule has 2 aromatic carbocycles. The molecule has 0 bridgehead atoms. The van der Waals surface area contributed by atoms with Crippen LogP contribution in [0.2, 0.25) is 0 Å². The second-order valence-corrected chi connectivity index (χ2v) is 7.27. The van der Waals surface area contributed by atoms with Gasteiger partial charge < -0.3 is 19.5 Å². The molecule has 11 heteroatoms. The van der Waals surface area contributed by atoms with Crippen molar-refractivity contribution in [2.45, 2.75) is 10.4 Å². The number of carbonyl (C=O) groups is 1. The standard InChI is InChI=1S/C17H16F3NO6S/c1-25-10-4-6-14(26-2)12(8-10)16(22)21-13-9-11(5-7-15(13)27-3)28(23,24)17(18,19)20/h4-9H,1-3H3,(H,21,22). The highest BCUT2D eigenvalue weighted by Crippen LogP contribution is 2.35. The number of ether oxygens (including phenoxy) is 3. The van der Waals surface area contributed by atoms with Crippen molar-refractivity contribution in [3.63, 3.8) is 0 Å². The minimum atomic E-state index is -5.60. The summed E-state index contributed by atoms with van der Waals surface area (Å²) >= 11 is 0. The summed E-state index contributed by atoms with van der Waals surface area (Å²) in [5.74, 6) is -0.283. The van der Waals surface area contributed by atoms with Crippen molar-refractivity contribution in [1.29, 1.82) is 0 Å². The fourth-order valence-corrected chi connectivity index (χ4v) is 3.05. The molecule has 2 aromatic rings. The quantitative estimate of drug-likeness (QED) is 0.773. The predicted molar refractivity (Wildman–Crippen MR) is 93.7 cm³/mol. The van der Waals surface area contributed by atoms with Gasteiger partial charge in [-0.05, 0) is 36.4 Å². The number of carbonyl (C=O) groups excluding carboxylic acids is 1. The summed E-state index contributed by atoms with van der Waals surface area (Å²) in [5.41, 5.74) is -5.73. The summed E-state index contributed by atoms with van der Waals surface area (Å²) in [6.45, 7) is 0. The van der Waals surface area contributed by atoms with Gasteiger partial charge in [0.2, 0.25) is 0 Å². The van der Waals surface area contributed by atoms with Crippen LogP contribution in [0.25, 0.3) is 0 Å². The number of benzene rings is 2. The van der Waals surface area contributed by atoms with Gasteiger partial charge in [0, 0.05) is 0 Å². The highest BCUT2D eigenvalue weighted by molar-refractivity contribution is 7.92. The summed E-state index contributed by atoms with van der Waals surface area (Å²) in [6, 6.07) is 6.80. The van der Waals surface area contributed by atoms with Gasteiger partial charge in [-0.3, -0.25) is 4.79 Å². The Balaban J connectivity index is 2.49. The number of hydrogen-bond donors (Lipinski definition) is 1. The molecule has 0 spiro atoms. The van der Waals surface area contributed by atoms with Crippen molar-refractivity contribution in [3.8, 4) is 17.2 Å².